The van der Waals surface area contributed by atoms with Gasteiger partial charge in [0, 0.05) is 18.3 Å². The lowest BCUT2D eigenvalue weighted by Crippen LogP contribution is -2.44. The first-order valence-corrected chi connectivity index (χ1v) is 7.08. The first-order chi connectivity index (χ1) is 9.29. The third-order valence-electron chi connectivity index (χ3n) is 3.68. The van der Waals surface area contributed by atoms with Crippen LogP contribution in [0.1, 0.15) is 25.7 Å². The number of benzene rings is 1. The Hall–Kier alpha value is -1.39. The second kappa shape index (κ2) is 7.26. The predicted molar refractivity (Wildman–Crippen MR) is 78.0 cm³/mol. The van der Waals surface area contributed by atoms with Gasteiger partial charge in [-0.3, -0.25) is 9.69 Å². The van der Waals surface area contributed by atoms with E-state index in [4.69, 9.17) is 5.73 Å². The summed E-state index contributed by atoms with van der Waals surface area (Å²) in [6, 6.07) is 9.94. The molecule has 4 nitrogen and oxygen atoms in total. The standard InChI is InChI=1S/C15H23N3O/c16-11-14-9-5-2-6-10-18(14)12-15(19)17-13-7-3-1-4-8-13/h1,3-4,7-8,14H,2,5-6,9-12,16H2,(H,17,19). The van der Waals surface area contributed by atoms with Crippen molar-refractivity contribution in [1.82, 2.24) is 4.90 Å². The molecule has 0 radical (unpaired) electrons. The van der Waals surface area contributed by atoms with Crippen molar-refractivity contribution in [3.05, 3.63) is 30.3 Å². The van der Waals surface area contributed by atoms with Gasteiger partial charge in [0.15, 0.2) is 0 Å². The summed E-state index contributed by atoms with van der Waals surface area (Å²) >= 11 is 0. The number of nitrogens with two attached hydrogens (primary N) is 1. The van der Waals surface area contributed by atoms with Crippen LogP contribution in [0.5, 0.6) is 0 Å². The van der Waals surface area contributed by atoms with E-state index in [1.54, 1.807) is 0 Å². The molecular formula is C15H23N3O. The average Bonchev–Trinajstić information content (AvgIpc) is 2.64. The van der Waals surface area contributed by atoms with E-state index in [-0.39, 0.29) is 5.91 Å². The molecule has 1 saturated heterocycles. The Morgan fingerprint density at radius 1 is 1.26 bits per heavy atom. The maximum absolute atomic E-state index is 12.1. The zero-order chi connectivity index (χ0) is 13.5. The predicted octanol–water partition coefficient (Wildman–Crippen LogP) is 1.83. The number of likely N-dealkylation sites (tertiary alicyclic amines) is 1. The Balaban J connectivity index is 1.89. The van der Waals surface area contributed by atoms with E-state index >= 15 is 0 Å². The molecule has 1 amide bonds. The molecular weight excluding hydrogens is 238 g/mol. The van der Waals surface area contributed by atoms with Gasteiger partial charge >= 0.3 is 0 Å². The monoisotopic (exact) mass is 261 g/mol. The molecule has 0 aromatic heterocycles. The van der Waals surface area contributed by atoms with Crippen molar-refractivity contribution in [3.8, 4) is 0 Å². The fourth-order valence-corrected chi connectivity index (χ4v) is 2.62. The molecule has 0 saturated carbocycles. The van der Waals surface area contributed by atoms with Crippen LogP contribution in [0.25, 0.3) is 0 Å². The van der Waals surface area contributed by atoms with Gasteiger partial charge in [0.05, 0.1) is 6.54 Å². The minimum atomic E-state index is 0.0477. The van der Waals surface area contributed by atoms with Crippen molar-refractivity contribution in [2.24, 2.45) is 5.73 Å². The molecule has 1 unspecified atom stereocenters. The lowest BCUT2D eigenvalue weighted by Gasteiger charge is -2.28. The Morgan fingerprint density at radius 2 is 2.05 bits per heavy atom. The normalized spacial score (nSPS) is 20.8. The lowest BCUT2D eigenvalue weighted by atomic mass is 10.1. The summed E-state index contributed by atoms with van der Waals surface area (Å²) in [6.45, 7) is 2.06. The Kier molecular flexibility index (Phi) is 5.36. The smallest absolute Gasteiger partial charge is 0.238 e. The van der Waals surface area contributed by atoms with Crippen molar-refractivity contribution >= 4 is 11.6 Å². The number of rotatable bonds is 4. The topological polar surface area (TPSA) is 58.4 Å². The summed E-state index contributed by atoms with van der Waals surface area (Å²) in [7, 11) is 0. The largest absolute Gasteiger partial charge is 0.329 e. The highest BCUT2D eigenvalue weighted by Gasteiger charge is 2.21. The highest BCUT2D eigenvalue weighted by molar-refractivity contribution is 5.92. The molecule has 19 heavy (non-hydrogen) atoms. The van der Waals surface area contributed by atoms with E-state index in [1.807, 2.05) is 30.3 Å². The zero-order valence-corrected chi connectivity index (χ0v) is 11.3. The zero-order valence-electron chi connectivity index (χ0n) is 11.3. The lowest BCUT2D eigenvalue weighted by molar-refractivity contribution is -0.117. The fraction of sp³-hybridized carbons (Fsp3) is 0.533. The first kappa shape index (κ1) is 14.0. The Morgan fingerprint density at radius 3 is 2.79 bits per heavy atom. The van der Waals surface area contributed by atoms with Crippen molar-refractivity contribution < 1.29 is 4.79 Å². The second-order valence-electron chi connectivity index (χ2n) is 5.12. The molecule has 1 aromatic rings. The average molecular weight is 261 g/mol. The minimum Gasteiger partial charge on any atom is -0.329 e. The van der Waals surface area contributed by atoms with E-state index in [9.17, 15) is 4.79 Å². The maximum atomic E-state index is 12.1. The van der Waals surface area contributed by atoms with Crippen LogP contribution >= 0.6 is 0 Å². The summed E-state index contributed by atoms with van der Waals surface area (Å²) < 4.78 is 0. The van der Waals surface area contributed by atoms with E-state index in [2.05, 4.69) is 10.2 Å². The second-order valence-corrected chi connectivity index (χ2v) is 5.12. The first-order valence-electron chi connectivity index (χ1n) is 7.08. The molecule has 1 aromatic carbocycles. The van der Waals surface area contributed by atoms with E-state index in [1.165, 1.54) is 12.8 Å². The van der Waals surface area contributed by atoms with E-state index < -0.39 is 0 Å². The van der Waals surface area contributed by atoms with Crippen LogP contribution in [0.3, 0.4) is 0 Å². The Bertz CT molecular complexity index is 394. The van der Waals surface area contributed by atoms with Gasteiger partial charge in [-0.2, -0.15) is 0 Å². The van der Waals surface area contributed by atoms with Crippen LogP contribution in [0.2, 0.25) is 0 Å². The summed E-state index contributed by atoms with van der Waals surface area (Å²) in [5.41, 5.74) is 6.67. The number of para-hydroxylation sites is 1. The van der Waals surface area contributed by atoms with Crippen LogP contribution in [-0.4, -0.2) is 36.5 Å². The molecule has 4 heteroatoms. The number of nitrogens with zero attached hydrogens (tertiary/aromatic N) is 1. The number of hydrogen-bond acceptors (Lipinski definition) is 3. The van der Waals surface area contributed by atoms with Crippen LogP contribution in [0, 0.1) is 0 Å². The SMILES string of the molecule is NCC1CCCCCN1CC(=O)Nc1ccccc1. The van der Waals surface area contributed by atoms with Gasteiger partial charge < -0.3 is 11.1 Å². The summed E-state index contributed by atoms with van der Waals surface area (Å²) in [5, 5.41) is 2.93. The van der Waals surface area contributed by atoms with Crippen LogP contribution in [0.15, 0.2) is 30.3 Å². The molecule has 0 bridgehead atoms. The van der Waals surface area contributed by atoms with Crippen LogP contribution < -0.4 is 11.1 Å². The van der Waals surface area contributed by atoms with Crippen LogP contribution in [-0.2, 0) is 4.79 Å². The number of amides is 1. The summed E-state index contributed by atoms with van der Waals surface area (Å²) in [6.07, 6.45) is 4.73. The van der Waals surface area contributed by atoms with Gasteiger partial charge in [-0.1, -0.05) is 31.0 Å². The van der Waals surface area contributed by atoms with Gasteiger partial charge in [0.1, 0.15) is 0 Å². The van der Waals surface area contributed by atoms with E-state index in [0.717, 1.165) is 25.1 Å². The molecule has 1 aliphatic rings. The number of nitrogens with one attached hydrogen (secondary N) is 1. The van der Waals surface area contributed by atoms with Crippen LogP contribution in [0.4, 0.5) is 5.69 Å². The Labute approximate surface area is 115 Å². The molecule has 1 fully saturated rings. The van der Waals surface area contributed by atoms with Gasteiger partial charge in [-0.15, -0.1) is 0 Å². The van der Waals surface area contributed by atoms with Gasteiger partial charge in [0.25, 0.3) is 0 Å². The molecule has 3 N–H and O–H groups in total. The summed E-state index contributed by atoms with van der Waals surface area (Å²) in [4.78, 5) is 14.3. The molecule has 1 aliphatic heterocycles. The number of anilines is 1. The number of carbonyl (C=O) groups is 1. The fourth-order valence-electron chi connectivity index (χ4n) is 2.62. The highest BCUT2D eigenvalue weighted by Crippen LogP contribution is 2.16. The highest BCUT2D eigenvalue weighted by atomic mass is 16.2. The molecule has 2 rings (SSSR count). The van der Waals surface area contributed by atoms with E-state index in [0.29, 0.717) is 19.1 Å². The van der Waals surface area contributed by atoms with Gasteiger partial charge in [-0.25, -0.2) is 0 Å². The van der Waals surface area contributed by atoms with Crippen molar-refractivity contribution in [1.29, 1.82) is 0 Å². The van der Waals surface area contributed by atoms with Gasteiger partial charge in [0.2, 0.25) is 5.91 Å². The van der Waals surface area contributed by atoms with Crippen molar-refractivity contribution in [2.45, 2.75) is 31.7 Å². The molecule has 1 heterocycles. The maximum Gasteiger partial charge on any atom is 0.238 e. The molecule has 1 atom stereocenters. The molecule has 0 aliphatic carbocycles. The van der Waals surface area contributed by atoms with Crippen molar-refractivity contribution in [3.63, 3.8) is 0 Å². The number of carbonyl (C=O) groups excluding carboxylic acids is 1. The third-order valence-corrected chi connectivity index (χ3v) is 3.68. The number of hydrogen-bond donors (Lipinski definition) is 2. The molecule has 104 valence electrons. The quantitative estimate of drug-likeness (QED) is 0.869. The molecule has 0 spiro atoms. The minimum absolute atomic E-state index is 0.0477. The third kappa shape index (κ3) is 4.33. The van der Waals surface area contributed by atoms with Crippen molar-refractivity contribution in [2.75, 3.05) is 25.0 Å². The summed E-state index contributed by atoms with van der Waals surface area (Å²) in [5.74, 6) is 0.0477. The van der Waals surface area contributed by atoms with Gasteiger partial charge in [-0.05, 0) is 31.5 Å².